The summed E-state index contributed by atoms with van der Waals surface area (Å²) in [6, 6.07) is 0. The quantitative estimate of drug-likeness (QED) is 0.419. The molecule has 0 aromatic heterocycles. The Morgan fingerprint density at radius 1 is 1.38 bits per heavy atom. The third kappa shape index (κ3) is 0.489. The lowest BCUT2D eigenvalue weighted by molar-refractivity contribution is 0.514. The lowest BCUT2D eigenvalue weighted by Crippen LogP contribution is -2.02. The summed E-state index contributed by atoms with van der Waals surface area (Å²) < 4.78 is 0. The Morgan fingerprint density at radius 3 is 2.50 bits per heavy atom. The SMILES string of the molecule is C[C+]1CC2CCC1C2. The minimum absolute atomic E-state index is 1.06. The van der Waals surface area contributed by atoms with Crippen molar-refractivity contribution in [2.45, 2.75) is 32.6 Å². The van der Waals surface area contributed by atoms with Crippen molar-refractivity contribution in [3.63, 3.8) is 0 Å². The molecule has 2 aliphatic carbocycles. The smallest absolute Gasteiger partial charge is 0.0419 e. The van der Waals surface area contributed by atoms with Gasteiger partial charge in [0, 0.05) is 5.92 Å². The zero-order chi connectivity index (χ0) is 5.56. The molecular formula is C8H13+. The van der Waals surface area contributed by atoms with Gasteiger partial charge in [0.2, 0.25) is 0 Å². The first-order valence-electron chi connectivity index (χ1n) is 3.68. The van der Waals surface area contributed by atoms with E-state index < -0.39 is 0 Å². The summed E-state index contributed by atoms with van der Waals surface area (Å²) in [6.07, 6.45) is 6.04. The van der Waals surface area contributed by atoms with Crippen molar-refractivity contribution in [3.05, 3.63) is 5.92 Å². The average Bonchev–Trinajstić information content (AvgIpc) is 2.23. The van der Waals surface area contributed by atoms with Gasteiger partial charge < -0.3 is 0 Å². The van der Waals surface area contributed by atoms with Gasteiger partial charge in [0.1, 0.15) is 5.92 Å². The summed E-state index contributed by atoms with van der Waals surface area (Å²) in [6.45, 7) is 2.34. The molecule has 0 aliphatic heterocycles. The van der Waals surface area contributed by atoms with Crippen LogP contribution in [0.2, 0.25) is 0 Å². The molecule has 44 valence electrons. The van der Waals surface area contributed by atoms with Crippen LogP contribution >= 0.6 is 0 Å². The van der Waals surface area contributed by atoms with Crippen molar-refractivity contribution in [2.24, 2.45) is 11.8 Å². The van der Waals surface area contributed by atoms with E-state index in [1.165, 1.54) is 25.7 Å². The Balaban J connectivity index is 2.11. The van der Waals surface area contributed by atoms with Gasteiger partial charge in [-0.1, -0.05) is 0 Å². The van der Waals surface area contributed by atoms with Crippen molar-refractivity contribution in [2.75, 3.05) is 0 Å². The van der Waals surface area contributed by atoms with Crippen LogP contribution in [0, 0.1) is 17.8 Å². The number of rotatable bonds is 0. The molecule has 2 bridgehead atoms. The highest BCUT2D eigenvalue weighted by Crippen LogP contribution is 2.48. The second kappa shape index (κ2) is 1.43. The minimum Gasteiger partial charge on any atom is -0.0419 e. The molecule has 2 unspecified atom stereocenters. The van der Waals surface area contributed by atoms with Crippen molar-refractivity contribution in [3.8, 4) is 0 Å². The molecule has 0 heterocycles. The third-order valence-corrected chi connectivity index (χ3v) is 2.85. The predicted molar refractivity (Wildman–Crippen MR) is 34.4 cm³/mol. The Bertz CT molecular complexity index is 94.2. The van der Waals surface area contributed by atoms with E-state index >= 15 is 0 Å². The van der Waals surface area contributed by atoms with E-state index in [9.17, 15) is 0 Å². The molecule has 2 fully saturated rings. The molecule has 0 aromatic carbocycles. The van der Waals surface area contributed by atoms with Crippen LogP contribution in [0.4, 0.5) is 0 Å². The third-order valence-electron chi connectivity index (χ3n) is 2.85. The van der Waals surface area contributed by atoms with E-state index in [1.54, 1.807) is 5.92 Å². The van der Waals surface area contributed by atoms with Gasteiger partial charge in [0.15, 0.2) is 0 Å². The summed E-state index contributed by atoms with van der Waals surface area (Å²) in [5.41, 5.74) is 0. The van der Waals surface area contributed by atoms with E-state index in [-0.39, 0.29) is 0 Å². The van der Waals surface area contributed by atoms with E-state index in [1.807, 2.05) is 0 Å². The van der Waals surface area contributed by atoms with Gasteiger partial charge in [0.05, 0.1) is 19.3 Å². The van der Waals surface area contributed by atoms with E-state index in [4.69, 9.17) is 0 Å². The standard InChI is InChI=1S/C8H13/c1-6-4-7-2-3-8(6)5-7/h7-8H,2-5H2,1H3/q+1. The van der Waals surface area contributed by atoms with Crippen LogP contribution in [0.1, 0.15) is 32.6 Å². The predicted octanol–water partition coefficient (Wildman–Crippen LogP) is 2.40. The van der Waals surface area contributed by atoms with Crippen molar-refractivity contribution in [1.29, 1.82) is 0 Å². The molecule has 0 aromatic rings. The number of hydrogen-bond acceptors (Lipinski definition) is 0. The van der Waals surface area contributed by atoms with Crippen molar-refractivity contribution < 1.29 is 0 Å². The summed E-state index contributed by atoms with van der Waals surface area (Å²) in [4.78, 5) is 0. The highest BCUT2D eigenvalue weighted by molar-refractivity contribution is 5.05. The van der Waals surface area contributed by atoms with Gasteiger partial charge in [-0.3, -0.25) is 0 Å². The molecule has 0 heteroatoms. The molecule has 0 spiro atoms. The molecule has 0 amide bonds. The first-order chi connectivity index (χ1) is 3.86. The maximum absolute atomic E-state index is 2.34. The second-order valence-corrected chi connectivity index (χ2v) is 3.43. The van der Waals surface area contributed by atoms with Crippen LogP contribution in [0.15, 0.2) is 0 Å². The Kier molecular flexibility index (Phi) is 0.843. The van der Waals surface area contributed by atoms with Gasteiger partial charge in [-0.15, -0.1) is 0 Å². The molecule has 0 N–H and O–H groups in total. The van der Waals surface area contributed by atoms with Crippen LogP contribution in [0.5, 0.6) is 0 Å². The van der Waals surface area contributed by atoms with E-state index in [0.29, 0.717) is 0 Å². The lowest BCUT2D eigenvalue weighted by atomic mass is 9.91. The number of fused-ring (bicyclic) bond motifs is 2. The molecule has 8 heavy (non-hydrogen) atoms. The molecule has 2 aliphatic rings. The fourth-order valence-electron chi connectivity index (χ4n) is 2.33. The topological polar surface area (TPSA) is 0 Å². The first kappa shape index (κ1) is 4.72. The van der Waals surface area contributed by atoms with Gasteiger partial charge in [-0.2, -0.15) is 0 Å². The molecule has 2 atom stereocenters. The van der Waals surface area contributed by atoms with E-state index in [2.05, 4.69) is 6.92 Å². The van der Waals surface area contributed by atoms with Gasteiger partial charge in [-0.05, 0) is 19.3 Å². The Labute approximate surface area is 51.3 Å². The fourth-order valence-corrected chi connectivity index (χ4v) is 2.33. The zero-order valence-electron chi connectivity index (χ0n) is 5.48. The monoisotopic (exact) mass is 109 g/mol. The highest BCUT2D eigenvalue weighted by atomic mass is 14.4. The zero-order valence-corrected chi connectivity index (χ0v) is 5.48. The lowest BCUT2D eigenvalue weighted by Gasteiger charge is -2.05. The van der Waals surface area contributed by atoms with Crippen LogP contribution in [-0.4, -0.2) is 0 Å². The Hall–Kier alpha value is -0.130. The van der Waals surface area contributed by atoms with Gasteiger partial charge in [0.25, 0.3) is 0 Å². The van der Waals surface area contributed by atoms with Crippen molar-refractivity contribution >= 4 is 0 Å². The summed E-state index contributed by atoms with van der Waals surface area (Å²) >= 11 is 0. The van der Waals surface area contributed by atoms with E-state index in [0.717, 1.165) is 11.8 Å². The van der Waals surface area contributed by atoms with Crippen LogP contribution in [0.25, 0.3) is 0 Å². The molecular weight excluding hydrogens is 96.1 g/mol. The van der Waals surface area contributed by atoms with Gasteiger partial charge in [-0.25, -0.2) is 0 Å². The van der Waals surface area contributed by atoms with Crippen LogP contribution in [-0.2, 0) is 0 Å². The highest BCUT2D eigenvalue weighted by Gasteiger charge is 2.45. The van der Waals surface area contributed by atoms with Crippen LogP contribution < -0.4 is 0 Å². The number of hydrogen-bond donors (Lipinski definition) is 0. The van der Waals surface area contributed by atoms with Gasteiger partial charge >= 0.3 is 0 Å². The molecule has 2 rings (SSSR count). The minimum atomic E-state index is 1.06. The molecule has 2 saturated carbocycles. The second-order valence-electron chi connectivity index (χ2n) is 3.43. The summed E-state index contributed by atoms with van der Waals surface area (Å²) in [7, 11) is 0. The summed E-state index contributed by atoms with van der Waals surface area (Å²) in [5, 5.41) is 0. The first-order valence-corrected chi connectivity index (χ1v) is 3.68. The van der Waals surface area contributed by atoms with Crippen molar-refractivity contribution in [1.82, 2.24) is 0 Å². The normalized spacial score (nSPS) is 43.9. The average molecular weight is 109 g/mol. The van der Waals surface area contributed by atoms with Crippen LogP contribution in [0.3, 0.4) is 0 Å². The molecule has 0 nitrogen and oxygen atoms in total. The Morgan fingerprint density at radius 2 is 2.25 bits per heavy atom. The largest absolute Gasteiger partial charge is 0.100 e. The molecule has 0 radical (unpaired) electrons. The molecule has 0 saturated heterocycles. The fraction of sp³-hybridized carbons (Fsp3) is 0.875. The summed E-state index contributed by atoms with van der Waals surface area (Å²) in [5.74, 6) is 3.96. The maximum Gasteiger partial charge on any atom is 0.100 e. The maximum atomic E-state index is 2.34.